The molecule has 0 bridgehead atoms. The Morgan fingerprint density at radius 3 is 1.94 bits per heavy atom. The van der Waals surface area contributed by atoms with Crippen LogP contribution in [-0.2, 0) is 6.42 Å². The van der Waals surface area contributed by atoms with Crippen molar-refractivity contribution < 1.29 is 40.8 Å². The van der Waals surface area contributed by atoms with Crippen molar-refractivity contribution >= 4 is 0 Å². The van der Waals surface area contributed by atoms with Crippen molar-refractivity contribution in [3.05, 3.63) is 22.3 Å². The Kier molecular flexibility index (Phi) is 12.7. The van der Waals surface area contributed by atoms with Crippen molar-refractivity contribution in [1.82, 2.24) is 0 Å². The number of ether oxygens (including phenoxy) is 1. The zero-order chi connectivity index (χ0) is 23.2. The van der Waals surface area contributed by atoms with Gasteiger partial charge < -0.3 is 11.3 Å². The Bertz CT molecular complexity index is 718. The van der Waals surface area contributed by atoms with Crippen LogP contribution in [0.2, 0.25) is 0 Å². The minimum Gasteiger partial charge on any atom is -1.00 e. The molecule has 0 aromatic heterocycles. The molecule has 0 amide bonds. The van der Waals surface area contributed by atoms with Crippen LogP contribution in [0, 0.1) is 38.5 Å². The van der Waals surface area contributed by atoms with E-state index in [1.54, 1.807) is 0 Å². The van der Waals surface area contributed by atoms with E-state index in [0.717, 1.165) is 59.5 Å². The fourth-order valence-electron chi connectivity index (χ4n) is 5.27. The first-order chi connectivity index (χ1) is 14.5. The first-order valence-corrected chi connectivity index (χ1v) is 13.0. The van der Waals surface area contributed by atoms with E-state index in [-0.39, 0.29) is 36.6 Å². The summed E-state index contributed by atoms with van der Waals surface area (Å²) in [6, 6.07) is 0. The summed E-state index contributed by atoms with van der Waals surface area (Å²) in [5.41, 5.74) is 4.23. The fraction of sp³-hybridized carbons (Fsp3) is 0.793. The van der Waals surface area contributed by atoms with Gasteiger partial charge in [-0.2, -0.15) is 0 Å². The smallest absolute Gasteiger partial charge is 1.00 e. The van der Waals surface area contributed by atoms with Gasteiger partial charge in [-0.15, -0.1) is 0 Å². The summed E-state index contributed by atoms with van der Waals surface area (Å²) in [5, 5.41) is 10.4. The molecular weight excluding hydrogens is 403 g/mol. The number of aromatic hydroxyl groups is 1. The van der Waals surface area contributed by atoms with Crippen molar-refractivity contribution in [2.45, 2.75) is 132 Å². The third-order valence-electron chi connectivity index (χ3n) is 7.87. The van der Waals surface area contributed by atoms with Crippen molar-refractivity contribution in [1.29, 1.82) is 0 Å². The van der Waals surface area contributed by atoms with Gasteiger partial charge in [0, 0.05) is 5.56 Å². The van der Waals surface area contributed by atoms with E-state index >= 15 is 0 Å². The predicted octanol–water partition coefficient (Wildman–Crippen LogP) is 5.96. The second-order valence-electron chi connectivity index (χ2n) is 11.4. The first-order valence-electron chi connectivity index (χ1n) is 13.0. The molecule has 0 saturated heterocycles. The average molecular weight is 455 g/mol. The number of phenols is 1. The molecule has 0 spiro atoms. The van der Waals surface area contributed by atoms with Gasteiger partial charge >= 0.3 is 29.6 Å². The Morgan fingerprint density at radius 2 is 1.38 bits per heavy atom. The predicted molar refractivity (Wildman–Crippen MR) is 136 cm³/mol. The van der Waals surface area contributed by atoms with E-state index in [0.29, 0.717) is 5.75 Å². The van der Waals surface area contributed by atoms with Crippen LogP contribution in [0.3, 0.4) is 0 Å². The maximum Gasteiger partial charge on any atom is 1.00 e. The van der Waals surface area contributed by atoms with Crippen LogP contribution in [0.5, 0.6) is 11.5 Å². The van der Waals surface area contributed by atoms with E-state index in [9.17, 15) is 5.11 Å². The second kappa shape index (κ2) is 13.6. The molecule has 3 atom stereocenters. The minimum atomic E-state index is -0.0712. The molecule has 1 aromatic carbocycles. The number of rotatable bonds is 12. The zero-order valence-corrected chi connectivity index (χ0v) is 24.9. The number of hydrogen-bond donors (Lipinski definition) is 1. The number of fused-ring (bicyclic) bond motifs is 1. The van der Waals surface area contributed by atoms with Crippen LogP contribution in [0.1, 0.15) is 123 Å². The third kappa shape index (κ3) is 8.55. The molecule has 2 nitrogen and oxygen atoms in total. The van der Waals surface area contributed by atoms with Gasteiger partial charge in [-0.3, -0.25) is 0 Å². The Balaban J connectivity index is 0.00000512. The van der Waals surface area contributed by atoms with Gasteiger partial charge in [-0.05, 0) is 87.8 Å². The van der Waals surface area contributed by atoms with Crippen molar-refractivity contribution in [3.63, 3.8) is 0 Å². The van der Waals surface area contributed by atoms with Crippen LogP contribution in [-0.4, -0.2) is 10.7 Å². The monoisotopic (exact) mass is 454 g/mol. The van der Waals surface area contributed by atoms with Crippen LogP contribution in [0.15, 0.2) is 0 Å². The molecule has 1 aliphatic heterocycles. The van der Waals surface area contributed by atoms with Gasteiger partial charge in [0.05, 0.1) is 0 Å². The average Bonchev–Trinajstić information content (AvgIpc) is 2.70. The quantitative estimate of drug-likeness (QED) is 0.395. The van der Waals surface area contributed by atoms with Gasteiger partial charge in [0.2, 0.25) is 0 Å². The molecule has 32 heavy (non-hydrogen) atoms. The summed E-state index contributed by atoms with van der Waals surface area (Å²) in [5.74, 6) is 4.04. The molecule has 0 aliphatic carbocycles. The van der Waals surface area contributed by atoms with Crippen molar-refractivity contribution in [3.8, 4) is 11.5 Å². The normalized spacial score (nSPS) is 19.8. The summed E-state index contributed by atoms with van der Waals surface area (Å²) < 4.78 is 6.60. The van der Waals surface area contributed by atoms with E-state index in [1.807, 2.05) is 13.8 Å². The molecule has 3 heteroatoms. The van der Waals surface area contributed by atoms with Crippen LogP contribution < -0.4 is 34.3 Å². The summed E-state index contributed by atoms with van der Waals surface area (Å²) in [6.07, 6.45) is 14.1. The molecule has 0 radical (unpaired) electrons. The van der Waals surface area contributed by atoms with E-state index < -0.39 is 0 Å². The Labute approximate surface area is 223 Å². The van der Waals surface area contributed by atoms with Crippen LogP contribution in [0.25, 0.3) is 0 Å². The topological polar surface area (TPSA) is 29.5 Å². The fourth-order valence-corrected chi connectivity index (χ4v) is 5.27. The van der Waals surface area contributed by atoms with Crippen LogP contribution >= 0.6 is 0 Å². The van der Waals surface area contributed by atoms with Gasteiger partial charge in [0.1, 0.15) is 17.1 Å². The minimum absolute atomic E-state index is 0. The van der Waals surface area contributed by atoms with Gasteiger partial charge in [0.25, 0.3) is 0 Å². The van der Waals surface area contributed by atoms with Crippen LogP contribution in [0.4, 0.5) is 0 Å². The van der Waals surface area contributed by atoms with Gasteiger partial charge in [-0.25, -0.2) is 0 Å². The molecule has 1 aromatic rings. The number of hydrogen-bond acceptors (Lipinski definition) is 2. The largest absolute Gasteiger partial charge is 1.00 e. The molecule has 2 rings (SSSR count). The zero-order valence-electron chi connectivity index (χ0n) is 23.9. The summed E-state index contributed by atoms with van der Waals surface area (Å²) >= 11 is 0. The number of phenolic OH excluding ortho intramolecular Hbond substituents is 1. The standard InChI is InChI=1S/C29H50O2.Na.H/c1-20(2)12-9-13-21(3)14-10-15-22(4)16-11-18-29(8)19-17-26-25(7)27(30)23(5)24(6)28(26)31-29;;/h20-22,30H,9-19H2,1-8H3;;/q;+1;-1/t21-,22-,29-;;/m1../s1. The molecule has 1 heterocycles. The number of benzene rings is 1. The third-order valence-corrected chi connectivity index (χ3v) is 7.87. The summed E-state index contributed by atoms with van der Waals surface area (Å²) in [4.78, 5) is 0. The molecule has 0 unspecified atom stereocenters. The maximum absolute atomic E-state index is 10.4. The molecular formula is C29H51NaO2. The summed E-state index contributed by atoms with van der Waals surface area (Å²) in [7, 11) is 0. The second-order valence-corrected chi connectivity index (χ2v) is 11.4. The molecule has 1 N–H and O–H groups in total. The molecule has 1 aliphatic rings. The van der Waals surface area contributed by atoms with E-state index in [1.165, 1.54) is 56.9 Å². The first kappa shape index (κ1) is 29.9. The van der Waals surface area contributed by atoms with E-state index in [4.69, 9.17) is 4.74 Å². The van der Waals surface area contributed by atoms with E-state index in [2.05, 4.69) is 41.5 Å². The maximum atomic E-state index is 10.4. The SMILES string of the molecule is Cc1c(C)c2c(c(C)c1O)CC[C@@](C)(CCC[C@H](C)CCC[C@H](C)CCCC(C)C)O2.[H-].[Na+]. The molecule has 180 valence electrons. The molecule has 0 saturated carbocycles. The van der Waals surface area contributed by atoms with Crippen molar-refractivity contribution in [2.24, 2.45) is 17.8 Å². The Hall–Kier alpha value is -0.180. The van der Waals surface area contributed by atoms with Gasteiger partial charge in [0.15, 0.2) is 0 Å². The van der Waals surface area contributed by atoms with Gasteiger partial charge in [-0.1, -0.05) is 72.6 Å². The molecule has 0 fully saturated rings. The summed E-state index contributed by atoms with van der Waals surface area (Å²) in [6.45, 7) is 17.9. The van der Waals surface area contributed by atoms with Crippen molar-refractivity contribution in [2.75, 3.05) is 0 Å². The Morgan fingerprint density at radius 1 is 0.844 bits per heavy atom.